The fourth-order valence-corrected chi connectivity index (χ4v) is 4.85. The maximum atomic E-state index is 13.9. The van der Waals surface area contributed by atoms with Gasteiger partial charge in [-0.05, 0) is 48.7 Å². The number of carbonyl (C=O) groups is 2. The SMILES string of the molecule is CC[C@H](C)NC(=O)[C@H](Cc1ccccc1)N(Cc1ccccc1)C(=O)CN(c1ccc(F)cc1)S(C)(=O)=O. The first-order valence-electron chi connectivity index (χ1n) is 12.5. The van der Waals surface area contributed by atoms with Crippen LogP contribution in [0.3, 0.4) is 0 Å². The molecule has 0 radical (unpaired) electrons. The molecule has 7 nitrogen and oxygen atoms in total. The summed E-state index contributed by atoms with van der Waals surface area (Å²) in [7, 11) is -3.90. The fraction of sp³-hybridized carbons (Fsp3) is 0.310. The Morgan fingerprint density at radius 2 is 1.45 bits per heavy atom. The van der Waals surface area contributed by atoms with E-state index in [1.165, 1.54) is 17.0 Å². The third-order valence-corrected chi connectivity index (χ3v) is 7.40. The van der Waals surface area contributed by atoms with E-state index in [9.17, 15) is 22.4 Å². The molecule has 3 aromatic rings. The number of benzene rings is 3. The Morgan fingerprint density at radius 1 is 0.895 bits per heavy atom. The van der Waals surface area contributed by atoms with Crippen molar-refractivity contribution in [3.8, 4) is 0 Å². The Balaban J connectivity index is 2.03. The van der Waals surface area contributed by atoms with E-state index in [1.807, 2.05) is 74.5 Å². The zero-order chi connectivity index (χ0) is 27.7. The predicted octanol–water partition coefficient (Wildman–Crippen LogP) is 4.15. The number of nitrogens with zero attached hydrogens (tertiary/aromatic N) is 2. The standard InChI is InChI=1S/C29H34FN3O4S/c1-4-22(2)31-29(35)27(19-23-11-7-5-8-12-23)32(20-24-13-9-6-10-14-24)28(34)21-33(38(3,36)37)26-17-15-25(30)16-18-26/h5-18,22,27H,4,19-21H2,1-3H3,(H,31,35)/t22-,27-/m0/s1. The summed E-state index contributed by atoms with van der Waals surface area (Å²) in [6.45, 7) is 3.41. The Bertz CT molecular complexity index is 1300. The number of carbonyl (C=O) groups excluding carboxylic acids is 2. The second kappa shape index (κ2) is 13.2. The van der Waals surface area contributed by atoms with Gasteiger partial charge in [0.05, 0.1) is 11.9 Å². The second-order valence-corrected chi connectivity index (χ2v) is 11.2. The van der Waals surface area contributed by atoms with E-state index in [-0.39, 0.29) is 30.6 Å². The van der Waals surface area contributed by atoms with Crippen molar-refractivity contribution in [2.24, 2.45) is 0 Å². The molecule has 2 amide bonds. The van der Waals surface area contributed by atoms with Crippen LogP contribution in [-0.2, 0) is 32.6 Å². The maximum Gasteiger partial charge on any atom is 0.244 e. The summed E-state index contributed by atoms with van der Waals surface area (Å²) < 4.78 is 39.8. The Morgan fingerprint density at radius 3 is 1.97 bits per heavy atom. The van der Waals surface area contributed by atoms with Gasteiger partial charge in [-0.25, -0.2) is 12.8 Å². The quantitative estimate of drug-likeness (QED) is 0.375. The molecule has 0 unspecified atom stereocenters. The van der Waals surface area contributed by atoms with Gasteiger partial charge >= 0.3 is 0 Å². The third-order valence-electron chi connectivity index (χ3n) is 6.26. The first-order chi connectivity index (χ1) is 18.1. The molecule has 3 aromatic carbocycles. The molecule has 0 aliphatic rings. The highest BCUT2D eigenvalue weighted by Gasteiger charge is 2.33. The van der Waals surface area contributed by atoms with Gasteiger partial charge in [0.15, 0.2) is 0 Å². The smallest absolute Gasteiger partial charge is 0.244 e. The fourth-order valence-electron chi connectivity index (χ4n) is 4.00. The van der Waals surface area contributed by atoms with Gasteiger partial charge in [0.25, 0.3) is 0 Å². The summed E-state index contributed by atoms with van der Waals surface area (Å²) in [4.78, 5) is 28.9. The largest absolute Gasteiger partial charge is 0.352 e. The van der Waals surface area contributed by atoms with E-state index in [2.05, 4.69) is 5.32 Å². The molecular formula is C29H34FN3O4S. The van der Waals surface area contributed by atoms with Gasteiger partial charge in [0.1, 0.15) is 18.4 Å². The van der Waals surface area contributed by atoms with Crippen LogP contribution in [0.2, 0.25) is 0 Å². The average molecular weight is 540 g/mol. The first kappa shape index (κ1) is 28.8. The molecule has 0 aliphatic carbocycles. The number of halogens is 1. The normalized spacial score (nSPS) is 12.8. The minimum Gasteiger partial charge on any atom is -0.352 e. The Hall–Kier alpha value is -3.72. The lowest BCUT2D eigenvalue weighted by atomic mass is 10.0. The highest BCUT2D eigenvalue weighted by molar-refractivity contribution is 7.92. The van der Waals surface area contributed by atoms with E-state index in [0.717, 1.165) is 33.8 Å². The molecular weight excluding hydrogens is 505 g/mol. The van der Waals surface area contributed by atoms with Crippen LogP contribution in [0.25, 0.3) is 0 Å². The summed E-state index contributed by atoms with van der Waals surface area (Å²) in [6, 6.07) is 22.5. The number of hydrogen-bond acceptors (Lipinski definition) is 4. The van der Waals surface area contributed by atoms with Crippen LogP contribution in [-0.4, -0.2) is 50.0 Å². The van der Waals surface area contributed by atoms with Gasteiger partial charge in [-0.1, -0.05) is 67.6 Å². The van der Waals surface area contributed by atoms with Crippen LogP contribution < -0.4 is 9.62 Å². The number of anilines is 1. The molecule has 0 aromatic heterocycles. The van der Waals surface area contributed by atoms with Gasteiger partial charge < -0.3 is 10.2 Å². The van der Waals surface area contributed by atoms with Crippen molar-refractivity contribution < 1.29 is 22.4 Å². The minimum absolute atomic E-state index is 0.103. The van der Waals surface area contributed by atoms with Crippen molar-refractivity contribution in [1.82, 2.24) is 10.2 Å². The molecule has 38 heavy (non-hydrogen) atoms. The molecule has 0 saturated carbocycles. The molecule has 9 heteroatoms. The number of nitrogens with one attached hydrogen (secondary N) is 1. The topological polar surface area (TPSA) is 86.8 Å². The maximum absolute atomic E-state index is 13.9. The first-order valence-corrected chi connectivity index (χ1v) is 14.3. The summed E-state index contributed by atoms with van der Waals surface area (Å²) >= 11 is 0. The molecule has 0 heterocycles. The molecule has 2 atom stereocenters. The van der Waals surface area contributed by atoms with Crippen LogP contribution in [0.1, 0.15) is 31.4 Å². The van der Waals surface area contributed by atoms with Gasteiger partial charge in [-0.15, -0.1) is 0 Å². The second-order valence-electron chi connectivity index (χ2n) is 9.28. The molecule has 3 rings (SSSR count). The van der Waals surface area contributed by atoms with E-state index >= 15 is 0 Å². The zero-order valence-electron chi connectivity index (χ0n) is 21.9. The predicted molar refractivity (Wildman–Crippen MR) is 147 cm³/mol. The van der Waals surface area contributed by atoms with Crippen LogP contribution >= 0.6 is 0 Å². The highest BCUT2D eigenvalue weighted by atomic mass is 32.2. The van der Waals surface area contributed by atoms with E-state index in [0.29, 0.717) is 6.42 Å². The minimum atomic E-state index is -3.90. The average Bonchev–Trinajstić information content (AvgIpc) is 2.90. The number of sulfonamides is 1. The lowest BCUT2D eigenvalue weighted by Crippen LogP contribution is -2.54. The molecule has 0 bridgehead atoms. The molecule has 0 fully saturated rings. The van der Waals surface area contributed by atoms with Crippen LogP contribution in [0.4, 0.5) is 10.1 Å². The zero-order valence-corrected chi connectivity index (χ0v) is 22.7. The molecule has 0 aliphatic heterocycles. The van der Waals surface area contributed by atoms with Crippen LogP contribution in [0, 0.1) is 5.82 Å². The third kappa shape index (κ3) is 8.14. The van der Waals surface area contributed by atoms with E-state index < -0.39 is 34.3 Å². The van der Waals surface area contributed by atoms with Gasteiger partial charge in [-0.3, -0.25) is 13.9 Å². The van der Waals surface area contributed by atoms with Crippen molar-refractivity contribution >= 4 is 27.5 Å². The lowest BCUT2D eigenvalue weighted by molar-refractivity contribution is -0.140. The van der Waals surface area contributed by atoms with Crippen LogP contribution in [0.5, 0.6) is 0 Å². The number of hydrogen-bond donors (Lipinski definition) is 1. The van der Waals surface area contributed by atoms with E-state index in [4.69, 9.17) is 0 Å². The van der Waals surface area contributed by atoms with Gasteiger partial charge in [0, 0.05) is 19.0 Å². The van der Waals surface area contributed by atoms with Crippen molar-refractivity contribution in [2.75, 3.05) is 17.1 Å². The monoisotopic (exact) mass is 539 g/mol. The van der Waals surface area contributed by atoms with Crippen molar-refractivity contribution in [3.05, 3.63) is 102 Å². The molecule has 1 N–H and O–H groups in total. The van der Waals surface area contributed by atoms with Crippen molar-refractivity contribution in [1.29, 1.82) is 0 Å². The van der Waals surface area contributed by atoms with Crippen molar-refractivity contribution in [2.45, 2.75) is 45.3 Å². The molecule has 0 spiro atoms. The molecule has 0 saturated heterocycles. The van der Waals surface area contributed by atoms with Gasteiger partial charge in [0.2, 0.25) is 21.8 Å². The number of amides is 2. The summed E-state index contributed by atoms with van der Waals surface area (Å²) in [5.74, 6) is -1.40. The summed E-state index contributed by atoms with van der Waals surface area (Å²) in [5.41, 5.74) is 1.81. The lowest BCUT2D eigenvalue weighted by Gasteiger charge is -2.34. The van der Waals surface area contributed by atoms with E-state index in [1.54, 1.807) is 0 Å². The highest BCUT2D eigenvalue weighted by Crippen LogP contribution is 2.21. The Labute approximate surface area is 224 Å². The van der Waals surface area contributed by atoms with Crippen molar-refractivity contribution in [3.63, 3.8) is 0 Å². The number of rotatable bonds is 12. The van der Waals surface area contributed by atoms with Crippen LogP contribution in [0.15, 0.2) is 84.9 Å². The van der Waals surface area contributed by atoms with Gasteiger partial charge in [-0.2, -0.15) is 0 Å². The summed E-state index contributed by atoms with van der Waals surface area (Å²) in [5, 5.41) is 2.99. The Kier molecular flexibility index (Phi) is 10.0. The molecule has 202 valence electrons. The summed E-state index contributed by atoms with van der Waals surface area (Å²) in [6.07, 6.45) is 1.95.